The van der Waals surface area contributed by atoms with Gasteiger partial charge in [-0.3, -0.25) is 0 Å². The molecule has 0 fully saturated rings. The van der Waals surface area contributed by atoms with Gasteiger partial charge in [0, 0.05) is 5.75 Å². The molecule has 0 saturated heterocycles. The van der Waals surface area contributed by atoms with E-state index in [1.807, 2.05) is 21.6 Å². The molecule has 1 heterocycles. The molecule has 0 aromatic heterocycles. The largest absolute Gasteiger partial charge is 0.145 e. The Bertz CT molecular complexity index is 102. The summed E-state index contributed by atoms with van der Waals surface area (Å²) >= 11 is 0. The van der Waals surface area contributed by atoms with Gasteiger partial charge in [0.1, 0.15) is 0 Å². The summed E-state index contributed by atoms with van der Waals surface area (Å²) in [4.78, 5) is 8.81. The van der Waals surface area contributed by atoms with Gasteiger partial charge in [0.05, 0.1) is 6.20 Å². The SMILES string of the molecule is C1=CSSC1.C=CN=O. The smallest absolute Gasteiger partial charge is 0.0643 e. The molecule has 1 aliphatic rings. The van der Waals surface area contributed by atoms with E-state index in [2.05, 4.69) is 23.2 Å². The Labute approximate surface area is 62.2 Å². The summed E-state index contributed by atoms with van der Waals surface area (Å²) in [7, 11) is 3.69. The molecule has 50 valence electrons. The zero-order valence-electron chi connectivity index (χ0n) is 4.82. The molecule has 0 aromatic rings. The van der Waals surface area contributed by atoms with Crippen LogP contribution in [0, 0.1) is 4.91 Å². The fourth-order valence-corrected chi connectivity index (χ4v) is 1.77. The highest BCUT2D eigenvalue weighted by atomic mass is 33.1. The van der Waals surface area contributed by atoms with Crippen LogP contribution in [-0.4, -0.2) is 5.75 Å². The second-order valence-corrected chi connectivity index (χ2v) is 3.36. The Kier molecular flexibility index (Phi) is 7.59. The Morgan fingerprint density at radius 3 is 2.56 bits per heavy atom. The van der Waals surface area contributed by atoms with E-state index >= 15 is 0 Å². The van der Waals surface area contributed by atoms with Crippen LogP contribution in [0.2, 0.25) is 0 Å². The van der Waals surface area contributed by atoms with Gasteiger partial charge in [0.2, 0.25) is 0 Å². The lowest BCUT2D eigenvalue weighted by molar-refractivity contribution is 1.56. The predicted octanol–water partition coefficient (Wildman–Crippen LogP) is 2.79. The van der Waals surface area contributed by atoms with E-state index in [9.17, 15) is 0 Å². The van der Waals surface area contributed by atoms with Crippen molar-refractivity contribution in [3.8, 4) is 0 Å². The highest BCUT2D eigenvalue weighted by molar-refractivity contribution is 8.78. The predicted molar refractivity (Wildman–Crippen MR) is 45.2 cm³/mol. The molecule has 0 unspecified atom stereocenters. The maximum absolute atomic E-state index is 8.81. The van der Waals surface area contributed by atoms with Crippen LogP contribution in [0.5, 0.6) is 0 Å². The van der Waals surface area contributed by atoms with Crippen LogP contribution in [0.25, 0.3) is 0 Å². The van der Waals surface area contributed by atoms with E-state index in [0.29, 0.717) is 0 Å². The summed E-state index contributed by atoms with van der Waals surface area (Å²) in [5.74, 6) is 1.20. The maximum atomic E-state index is 8.81. The van der Waals surface area contributed by atoms with E-state index in [1.165, 1.54) is 5.75 Å². The summed E-state index contributed by atoms with van der Waals surface area (Å²) in [5, 5.41) is 4.37. The number of nitrogens with zero attached hydrogens (tertiary/aromatic N) is 1. The number of nitroso groups, excluding NO2 is 1. The number of rotatable bonds is 1. The first-order chi connectivity index (χ1) is 4.41. The molecule has 0 radical (unpaired) electrons. The molecule has 0 spiro atoms. The summed E-state index contributed by atoms with van der Waals surface area (Å²) in [6.07, 6.45) is 3.11. The Morgan fingerprint density at radius 1 is 1.78 bits per heavy atom. The normalized spacial score (nSPS) is 13.8. The Morgan fingerprint density at radius 2 is 2.44 bits per heavy atom. The monoisotopic (exact) mass is 161 g/mol. The molecular formula is C5H7NOS2. The first-order valence-corrected chi connectivity index (χ1v) is 4.66. The van der Waals surface area contributed by atoms with Gasteiger partial charge < -0.3 is 0 Å². The summed E-state index contributed by atoms with van der Waals surface area (Å²) in [6, 6.07) is 0. The number of hydrogen-bond donors (Lipinski definition) is 0. The fourth-order valence-electron chi connectivity index (χ4n) is 0.196. The molecule has 0 atom stereocenters. The molecule has 1 rings (SSSR count). The molecule has 0 aromatic carbocycles. The van der Waals surface area contributed by atoms with Gasteiger partial charge in [-0.15, -0.1) is 4.91 Å². The van der Waals surface area contributed by atoms with Crippen LogP contribution in [0.4, 0.5) is 0 Å². The van der Waals surface area contributed by atoms with Gasteiger partial charge in [-0.2, -0.15) is 0 Å². The van der Waals surface area contributed by atoms with Gasteiger partial charge in [-0.05, 0) is 10.6 Å². The average Bonchev–Trinajstić information content (AvgIpc) is 2.43. The Hall–Kier alpha value is -0.220. The van der Waals surface area contributed by atoms with Crippen molar-refractivity contribution in [2.24, 2.45) is 5.18 Å². The first-order valence-electron chi connectivity index (χ1n) is 2.28. The van der Waals surface area contributed by atoms with Crippen molar-refractivity contribution < 1.29 is 0 Å². The quantitative estimate of drug-likeness (QED) is 0.437. The molecule has 0 aliphatic carbocycles. The molecule has 0 amide bonds. The van der Waals surface area contributed by atoms with Crippen molar-refractivity contribution in [1.29, 1.82) is 0 Å². The first kappa shape index (κ1) is 8.78. The van der Waals surface area contributed by atoms with Crippen LogP contribution < -0.4 is 0 Å². The lowest BCUT2D eigenvalue weighted by Gasteiger charge is -1.69. The van der Waals surface area contributed by atoms with E-state index in [1.54, 1.807) is 0 Å². The van der Waals surface area contributed by atoms with Crippen LogP contribution in [0.1, 0.15) is 0 Å². The number of hydrogen-bond acceptors (Lipinski definition) is 4. The van der Waals surface area contributed by atoms with E-state index in [0.717, 1.165) is 6.20 Å². The zero-order valence-corrected chi connectivity index (χ0v) is 6.45. The minimum atomic E-state index is 0.944. The van der Waals surface area contributed by atoms with Crippen LogP contribution in [0.15, 0.2) is 29.4 Å². The van der Waals surface area contributed by atoms with E-state index < -0.39 is 0 Å². The highest BCUT2D eigenvalue weighted by Crippen LogP contribution is 2.27. The second-order valence-electron chi connectivity index (χ2n) is 1.04. The zero-order chi connectivity index (χ0) is 6.95. The molecule has 0 saturated carbocycles. The minimum Gasteiger partial charge on any atom is -0.145 e. The van der Waals surface area contributed by atoms with Gasteiger partial charge >= 0.3 is 0 Å². The van der Waals surface area contributed by atoms with Crippen molar-refractivity contribution in [2.45, 2.75) is 0 Å². The van der Waals surface area contributed by atoms with Gasteiger partial charge in [0.25, 0.3) is 0 Å². The molecule has 9 heavy (non-hydrogen) atoms. The Balaban J connectivity index is 0.000000148. The van der Waals surface area contributed by atoms with Crippen LogP contribution in [0.3, 0.4) is 0 Å². The third-order valence-corrected chi connectivity index (χ3v) is 2.38. The lowest BCUT2D eigenvalue weighted by Crippen LogP contribution is -1.46. The van der Waals surface area contributed by atoms with E-state index in [-0.39, 0.29) is 0 Å². The summed E-state index contributed by atoms with van der Waals surface area (Å²) < 4.78 is 0. The molecule has 4 heteroatoms. The van der Waals surface area contributed by atoms with Crippen molar-refractivity contribution in [2.75, 3.05) is 5.75 Å². The molecular weight excluding hydrogens is 154 g/mol. The molecule has 2 nitrogen and oxygen atoms in total. The molecule has 0 bridgehead atoms. The average molecular weight is 161 g/mol. The van der Waals surface area contributed by atoms with Crippen LogP contribution >= 0.6 is 21.6 Å². The van der Waals surface area contributed by atoms with Gasteiger partial charge in [-0.1, -0.05) is 34.2 Å². The molecule has 1 aliphatic heterocycles. The van der Waals surface area contributed by atoms with Gasteiger partial charge in [0.15, 0.2) is 0 Å². The van der Waals surface area contributed by atoms with E-state index in [4.69, 9.17) is 4.91 Å². The standard InChI is InChI=1S/C3H4S2.C2H3NO/c1-2-4-5-3-1;1-2-3-4/h1-2H,3H2;2H,1H2. The molecule has 0 N–H and O–H groups in total. The van der Waals surface area contributed by atoms with Crippen molar-refractivity contribution in [1.82, 2.24) is 0 Å². The highest BCUT2D eigenvalue weighted by Gasteiger charge is 1.85. The third kappa shape index (κ3) is 7.78. The maximum Gasteiger partial charge on any atom is 0.0643 e. The fraction of sp³-hybridized carbons (Fsp3) is 0.200. The summed E-state index contributed by atoms with van der Waals surface area (Å²) in [6.45, 7) is 3.00. The topological polar surface area (TPSA) is 29.4 Å². The van der Waals surface area contributed by atoms with Gasteiger partial charge in [-0.25, -0.2) is 0 Å². The lowest BCUT2D eigenvalue weighted by atomic mass is 10.8. The third-order valence-electron chi connectivity index (χ3n) is 0.459. The van der Waals surface area contributed by atoms with Crippen molar-refractivity contribution in [3.63, 3.8) is 0 Å². The van der Waals surface area contributed by atoms with Crippen molar-refractivity contribution >= 4 is 21.6 Å². The summed E-state index contributed by atoms with van der Waals surface area (Å²) in [5.41, 5.74) is 0. The van der Waals surface area contributed by atoms with Crippen LogP contribution in [-0.2, 0) is 0 Å². The second kappa shape index (κ2) is 7.78. The minimum absolute atomic E-state index is 0.944. The van der Waals surface area contributed by atoms with Crippen molar-refractivity contribution in [3.05, 3.63) is 29.2 Å².